The monoisotopic (exact) mass is 513 g/mol. The lowest BCUT2D eigenvalue weighted by molar-refractivity contribution is -0.123. The van der Waals surface area contributed by atoms with E-state index >= 15 is 0 Å². The Labute approximate surface area is 224 Å². The fourth-order valence-electron chi connectivity index (χ4n) is 4.57. The average molecular weight is 514 g/mol. The Morgan fingerprint density at radius 2 is 1.61 bits per heavy atom. The maximum absolute atomic E-state index is 13.1. The molecule has 4 rings (SSSR count). The summed E-state index contributed by atoms with van der Waals surface area (Å²) in [7, 11) is 1.29. The van der Waals surface area contributed by atoms with Gasteiger partial charge in [0, 0.05) is 24.1 Å². The van der Waals surface area contributed by atoms with Crippen molar-refractivity contribution in [1.29, 1.82) is 0 Å². The summed E-state index contributed by atoms with van der Waals surface area (Å²) in [4.78, 5) is 37.9. The van der Waals surface area contributed by atoms with Crippen LogP contribution in [-0.2, 0) is 16.1 Å². The van der Waals surface area contributed by atoms with Crippen LogP contribution in [0.4, 0.5) is 0 Å². The van der Waals surface area contributed by atoms with E-state index in [1.807, 2.05) is 36.4 Å². The van der Waals surface area contributed by atoms with Crippen molar-refractivity contribution < 1.29 is 19.1 Å². The number of esters is 1. The number of nitrogens with one attached hydrogen (secondary N) is 3. The molecule has 38 heavy (non-hydrogen) atoms. The van der Waals surface area contributed by atoms with Crippen LogP contribution in [0.2, 0.25) is 0 Å². The number of carbonyl (C=O) groups excluding carboxylic acids is 3. The molecule has 2 unspecified atom stereocenters. The number of hydrogen-bond acceptors (Lipinski definition) is 5. The van der Waals surface area contributed by atoms with Crippen molar-refractivity contribution in [3.05, 3.63) is 107 Å². The highest BCUT2D eigenvalue weighted by Gasteiger charge is 2.37. The maximum Gasteiger partial charge on any atom is 0.337 e. The predicted molar refractivity (Wildman–Crippen MR) is 147 cm³/mol. The predicted octanol–water partition coefficient (Wildman–Crippen LogP) is 4.20. The van der Waals surface area contributed by atoms with Crippen LogP contribution in [0.1, 0.15) is 63.4 Å². The summed E-state index contributed by atoms with van der Waals surface area (Å²) >= 11 is 0. The summed E-state index contributed by atoms with van der Waals surface area (Å²) in [6.07, 6.45) is 3.34. The Morgan fingerprint density at radius 3 is 2.34 bits per heavy atom. The molecule has 0 aliphatic heterocycles. The molecule has 1 aliphatic rings. The molecule has 3 aromatic rings. The van der Waals surface area contributed by atoms with Gasteiger partial charge in [0.1, 0.15) is 6.04 Å². The van der Waals surface area contributed by atoms with Crippen molar-refractivity contribution in [1.82, 2.24) is 16.0 Å². The number of amides is 2. The maximum atomic E-state index is 13.1. The van der Waals surface area contributed by atoms with Crippen LogP contribution >= 0.6 is 0 Å². The lowest BCUT2D eigenvalue weighted by atomic mass is 10.1. The second-order valence-corrected chi connectivity index (χ2v) is 9.61. The van der Waals surface area contributed by atoms with Crippen molar-refractivity contribution in [2.75, 3.05) is 13.7 Å². The summed E-state index contributed by atoms with van der Waals surface area (Å²) in [5.74, 6) is -0.578. The third-order valence-electron chi connectivity index (χ3n) is 6.82. The van der Waals surface area contributed by atoms with E-state index in [0.29, 0.717) is 30.5 Å². The van der Waals surface area contributed by atoms with E-state index in [2.05, 4.69) is 40.2 Å². The number of rotatable bonds is 13. The van der Waals surface area contributed by atoms with Crippen molar-refractivity contribution in [2.45, 2.75) is 50.2 Å². The molecule has 7 heteroatoms. The van der Waals surface area contributed by atoms with Gasteiger partial charge in [0.2, 0.25) is 5.91 Å². The minimum absolute atomic E-state index is 0.231. The largest absolute Gasteiger partial charge is 0.465 e. The normalized spacial score (nSPS) is 16.8. The Hall–Kier alpha value is -3.97. The molecule has 7 nitrogen and oxygen atoms in total. The second-order valence-electron chi connectivity index (χ2n) is 9.61. The number of carbonyl (C=O) groups is 3. The molecule has 2 amide bonds. The van der Waals surface area contributed by atoms with E-state index in [4.69, 9.17) is 4.74 Å². The first kappa shape index (κ1) is 27.1. The molecule has 0 saturated heterocycles. The Morgan fingerprint density at radius 1 is 0.895 bits per heavy atom. The molecule has 1 aliphatic carbocycles. The Bertz CT molecular complexity index is 1220. The third kappa shape index (κ3) is 7.76. The highest BCUT2D eigenvalue weighted by molar-refractivity contribution is 6.00. The van der Waals surface area contributed by atoms with Crippen LogP contribution in [0.5, 0.6) is 0 Å². The van der Waals surface area contributed by atoms with Crippen LogP contribution in [0, 0.1) is 0 Å². The lowest BCUT2D eigenvalue weighted by Gasteiger charge is -2.19. The molecule has 0 bridgehead atoms. The number of methoxy groups -OCH3 is 1. The number of unbranched alkanes of at least 4 members (excludes halogenated alkanes) is 1. The molecular formula is C31H35N3O4. The van der Waals surface area contributed by atoms with Gasteiger partial charge in [0.05, 0.1) is 12.7 Å². The molecule has 0 heterocycles. The summed E-state index contributed by atoms with van der Waals surface area (Å²) in [5, 5.41) is 9.43. The number of ether oxygens (including phenoxy) is 1. The smallest absolute Gasteiger partial charge is 0.337 e. The summed E-state index contributed by atoms with van der Waals surface area (Å²) in [6, 6.07) is 26.3. The first-order chi connectivity index (χ1) is 18.5. The molecular weight excluding hydrogens is 478 g/mol. The summed E-state index contributed by atoms with van der Waals surface area (Å²) < 4.78 is 4.75. The zero-order chi connectivity index (χ0) is 26.7. The SMILES string of the molecule is COC(=O)c1cccc(C(=O)N[C@@H](CCCCNC2CC2c2ccccc2)C(=O)NCc2ccccc2)c1. The van der Waals surface area contributed by atoms with Crippen molar-refractivity contribution in [2.24, 2.45) is 0 Å². The van der Waals surface area contributed by atoms with Crippen LogP contribution in [0.25, 0.3) is 0 Å². The van der Waals surface area contributed by atoms with Gasteiger partial charge in [-0.25, -0.2) is 4.79 Å². The van der Waals surface area contributed by atoms with Gasteiger partial charge in [-0.15, -0.1) is 0 Å². The van der Waals surface area contributed by atoms with Crippen molar-refractivity contribution >= 4 is 17.8 Å². The average Bonchev–Trinajstić information content (AvgIpc) is 3.75. The van der Waals surface area contributed by atoms with E-state index in [1.54, 1.807) is 18.2 Å². The summed E-state index contributed by atoms with van der Waals surface area (Å²) in [5.41, 5.74) is 2.94. The van der Waals surface area contributed by atoms with Gasteiger partial charge in [-0.1, -0.05) is 66.7 Å². The first-order valence-corrected chi connectivity index (χ1v) is 13.1. The van der Waals surface area contributed by atoms with E-state index in [-0.39, 0.29) is 11.5 Å². The molecule has 3 atom stereocenters. The zero-order valence-corrected chi connectivity index (χ0v) is 21.7. The quantitative estimate of drug-likeness (QED) is 0.235. The van der Waals surface area contributed by atoms with Crippen LogP contribution in [0.3, 0.4) is 0 Å². The van der Waals surface area contributed by atoms with Crippen LogP contribution in [0.15, 0.2) is 84.9 Å². The standard InChI is InChI=1S/C31H35N3O4/c1-38-31(37)25-16-10-15-24(19-25)29(35)34-27(30(36)33-21-22-11-4-2-5-12-22)17-8-9-18-32-28-20-26(28)23-13-6-3-7-14-23/h2-7,10-16,19,26-28,32H,8-9,17-18,20-21H2,1H3,(H,33,36)(H,34,35)/t26?,27-,28?/m0/s1. The third-order valence-corrected chi connectivity index (χ3v) is 6.82. The lowest BCUT2D eigenvalue weighted by Crippen LogP contribution is -2.46. The van der Waals surface area contributed by atoms with Gasteiger partial charge < -0.3 is 20.7 Å². The van der Waals surface area contributed by atoms with E-state index in [1.165, 1.54) is 18.7 Å². The Balaban J connectivity index is 1.30. The van der Waals surface area contributed by atoms with E-state index in [9.17, 15) is 14.4 Å². The van der Waals surface area contributed by atoms with E-state index in [0.717, 1.165) is 31.4 Å². The highest BCUT2D eigenvalue weighted by atomic mass is 16.5. The molecule has 3 N–H and O–H groups in total. The van der Waals surface area contributed by atoms with Crippen molar-refractivity contribution in [3.8, 4) is 0 Å². The minimum Gasteiger partial charge on any atom is -0.465 e. The van der Waals surface area contributed by atoms with Crippen LogP contribution in [-0.4, -0.2) is 43.5 Å². The summed E-state index contributed by atoms with van der Waals surface area (Å²) in [6.45, 7) is 1.25. The molecule has 0 aromatic heterocycles. The van der Waals surface area contributed by atoms with Gasteiger partial charge in [0.25, 0.3) is 5.91 Å². The number of benzene rings is 3. The topological polar surface area (TPSA) is 96.5 Å². The molecule has 0 radical (unpaired) electrons. The fourth-order valence-corrected chi connectivity index (χ4v) is 4.57. The van der Waals surface area contributed by atoms with Crippen LogP contribution < -0.4 is 16.0 Å². The molecule has 1 fully saturated rings. The highest BCUT2D eigenvalue weighted by Crippen LogP contribution is 2.40. The van der Waals surface area contributed by atoms with Gasteiger partial charge in [0.15, 0.2) is 0 Å². The van der Waals surface area contributed by atoms with E-state index < -0.39 is 17.9 Å². The van der Waals surface area contributed by atoms with Gasteiger partial charge in [-0.3, -0.25) is 9.59 Å². The fraction of sp³-hybridized carbons (Fsp3) is 0.323. The first-order valence-electron chi connectivity index (χ1n) is 13.1. The number of hydrogen-bond donors (Lipinski definition) is 3. The molecule has 0 spiro atoms. The van der Waals surface area contributed by atoms with Gasteiger partial charge >= 0.3 is 5.97 Å². The molecule has 3 aromatic carbocycles. The van der Waals surface area contributed by atoms with Gasteiger partial charge in [-0.05, 0) is 61.6 Å². The minimum atomic E-state index is -0.689. The zero-order valence-electron chi connectivity index (χ0n) is 21.7. The second kappa shape index (κ2) is 13.5. The molecule has 198 valence electrons. The Kier molecular flexibility index (Phi) is 9.65. The van der Waals surface area contributed by atoms with Crippen molar-refractivity contribution in [3.63, 3.8) is 0 Å². The van der Waals surface area contributed by atoms with Gasteiger partial charge in [-0.2, -0.15) is 0 Å². The molecule has 1 saturated carbocycles.